The van der Waals surface area contributed by atoms with Gasteiger partial charge in [-0.2, -0.15) is 15.8 Å². The third-order valence-electron chi connectivity index (χ3n) is 6.37. The summed E-state index contributed by atoms with van der Waals surface area (Å²) in [6.45, 7) is 3.62. The SMILES string of the molecule is CC1(C)OC(=C(C#N)C#N)C(C#N)=C1/C=C/c1ccc(C=C2C=C(c3ccccc3)OC(c3ccccc3)=C2)s1. The van der Waals surface area contributed by atoms with Gasteiger partial charge in [0.25, 0.3) is 0 Å². The number of nitrogens with zero attached hydrogens (tertiary/aromatic N) is 3. The van der Waals surface area contributed by atoms with Crippen LogP contribution in [0.2, 0.25) is 0 Å². The van der Waals surface area contributed by atoms with Gasteiger partial charge in [0.05, 0.1) is 0 Å². The van der Waals surface area contributed by atoms with Gasteiger partial charge in [-0.1, -0.05) is 66.7 Å². The van der Waals surface area contributed by atoms with Crippen molar-refractivity contribution in [1.29, 1.82) is 15.8 Å². The van der Waals surface area contributed by atoms with Crippen molar-refractivity contribution >= 4 is 35.0 Å². The molecule has 0 amide bonds. The Morgan fingerprint density at radius 1 is 0.775 bits per heavy atom. The van der Waals surface area contributed by atoms with Crippen LogP contribution >= 0.6 is 11.3 Å². The number of hydrogen-bond donors (Lipinski definition) is 0. The molecule has 0 aliphatic carbocycles. The molecule has 5 nitrogen and oxygen atoms in total. The van der Waals surface area contributed by atoms with E-state index < -0.39 is 5.60 Å². The number of nitriles is 3. The summed E-state index contributed by atoms with van der Waals surface area (Å²) in [5.74, 6) is 1.60. The number of hydrogen-bond acceptors (Lipinski definition) is 6. The van der Waals surface area contributed by atoms with Crippen molar-refractivity contribution in [3.8, 4) is 18.2 Å². The van der Waals surface area contributed by atoms with E-state index in [1.807, 2.05) is 123 Å². The molecular weight excluding hydrogens is 514 g/mol. The summed E-state index contributed by atoms with van der Waals surface area (Å²) in [5, 5.41) is 28.3. The molecule has 0 atom stereocenters. The van der Waals surface area contributed by atoms with Gasteiger partial charge in [-0.25, -0.2) is 0 Å². The predicted octanol–water partition coefficient (Wildman–Crippen LogP) is 8.19. The van der Waals surface area contributed by atoms with Crippen molar-refractivity contribution in [3.05, 3.63) is 140 Å². The first kappa shape index (κ1) is 26.3. The number of ether oxygens (including phenoxy) is 2. The molecule has 1 aromatic heterocycles. The molecular formula is C34H23N3O2S. The van der Waals surface area contributed by atoms with Crippen LogP contribution in [-0.4, -0.2) is 5.60 Å². The fraction of sp³-hybridized carbons (Fsp3) is 0.0882. The second-order valence-corrected chi connectivity index (χ2v) is 10.7. The van der Waals surface area contributed by atoms with Crippen LogP contribution in [0.3, 0.4) is 0 Å². The smallest absolute Gasteiger partial charge is 0.172 e. The van der Waals surface area contributed by atoms with Gasteiger partial charge in [0.15, 0.2) is 11.3 Å². The van der Waals surface area contributed by atoms with E-state index in [4.69, 9.17) is 9.47 Å². The van der Waals surface area contributed by atoms with Gasteiger partial charge in [0, 0.05) is 26.5 Å². The maximum Gasteiger partial charge on any atom is 0.172 e. The highest BCUT2D eigenvalue weighted by molar-refractivity contribution is 7.13. The van der Waals surface area contributed by atoms with Crippen LogP contribution in [0.15, 0.2) is 119 Å². The number of allylic oxidation sites excluding steroid dienone is 5. The molecule has 3 aromatic rings. The van der Waals surface area contributed by atoms with Crippen LogP contribution in [0.25, 0.3) is 23.7 Å². The summed E-state index contributed by atoms with van der Waals surface area (Å²) < 4.78 is 12.1. The van der Waals surface area contributed by atoms with Gasteiger partial charge in [0.1, 0.15) is 40.9 Å². The zero-order valence-corrected chi connectivity index (χ0v) is 22.7. The van der Waals surface area contributed by atoms with Crippen LogP contribution in [0.4, 0.5) is 0 Å². The van der Waals surface area contributed by atoms with E-state index in [-0.39, 0.29) is 16.9 Å². The predicted molar refractivity (Wildman–Crippen MR) is 157 cm³/mol. The minimum atomic E-state index is -0.850. The van der Waals surface area contributed by atoms with Gasteiger partial charge in [-0.15, -0.1) is 11.3 Å². The average Bonchev–Trinajstić information content (AvgIpc) is 3.53. The lowest BCUT2D eigenvalue weighted by Crippen LogP contribution is -2.20. The van der Waals surface area contributed by atoms with E-state index >= 15 is 0 Å². The third kappa shape index (κ3) is 5.42. The first-order chi connectivity index (χ1) is 19.4. The van der Waals surface area contributed by atoms with Crippen molar-refractivity contribution in [1.82, 2.24) is 0 Å². The number of benzene rings is 2. The highest BCUT2D eigenvalue weighted by Crippen LogP contribution is 2.40. The lowest BCUT2D eigenvalue weighted by atomic mass is 9.94. The van der Waals surface area contributed by atoms with Crippen molar-refractivity contribution < 1.29 is 9.47 Å². The molecule has 2 aliphatic rings. The zero-order chi connectivity index (χ0) is 28.1. The van der Waals surface area contributed by atoms with Crippen LogP contribution in [0.1, 0.15) is 34.7 Å². The Bertz CT molecular complexity index is 1710. The molecule has 0 spiro atoms. The highest BCUT2D eigenvalue weighted by Gasteiger charge is 2.38. The van der Waals surface area contributed by atoms with E-state index in [1.54, 1.807) is 11.3 Å². The normalized spacial score (nSPS) is 15.8. The van der Waals surface area contributed by atoms with Crippen molar-refractivity contribution in [2.75, 3.05) is 0 Å². The number of rotatable bonds is 5. The Morgan fingerprint density at radius 3 is 1.90 bits per heavy atom. The molecule has 2 aromatic carbocycles. The Labute approximate surface area is 237 Å². The standard InChI is InChI=1S/C34H23N3O2S/c1-34(2)30(29(22-37)33(39-34)26(20-35)21-36)16-15-27-13-14-28(40-27)17-23-18-31(24-9-5-3-6-10-24)38-32(19-23)25-11-7-4-8-12-25/h3-19H,1-2H3/b16-15+. The third-order valence-corrected chi connectivity index (χ3v) is 7.37. The maximum absolute atomic E-state index is 9.77. The van der Waals surface area contributed by atoms with Crippen molar-refractivity contribution in [3.63, 3.8) is 0 Å². The first-order valence-corrected chi connectivity index (χ1v) is 13.3. The molecule has 0 N–H and O–H groups in total. The molecule has 0 fully saturated rings. The highest BCUT2D eigenvalue weighted by atomic mass is 32.1. The molecule has 5 rings (SSSR count). The maximum atomic E-state index is 9.77. The second kappa shape index (κ2) is 11.2. The Balaban J connectivity index is 1.48. The summed E-state index contributed by atoms with van der Waals surface area (Å²) in [5.41, 5.74) is 2.78. The van der Waals surface area contributed by atoms with E-state index in [0.717, 1.165) is 38.0 Å². The quantitative estimate of drug-likeness (QED) is 0.306. The molecule has 40 heavy (non-hydrogen) atoms. The molecule has 0 saturated heterocycles. The van der Waals surface area contributed by atoms with Crippen LogP contribution in [0, 0.1) is 34.0 Å². The molecule has 6 heteroatoms. The lowest BCUT2D eigenvalue weighted by Gasteiger charge is -2.20. The van der Waals surface area contributed by atoms with E-state index in [0.29, 0.717) is 5.57 Å². The minimum Gasteiger partial charge on any atom is -0.480 e. The van der Waals surface area contributed by atoms with Crippen molar-refractivity contribution in [2.24, 2.45) is 0 Å². The molecule has 0 bridgehead atoms. The first-order valence-electron chi connectivity index (χ1n) is 12.5. The van der Waals surface area contributed by atoms with Crippen LogP contribution < -0.4 is 0 Å². The summed E-state index contributed by atoms with van der Waals surface area (Å²) in [4.78, 5) is 2.04. The van der Waals surface area contributed by atoms with E-state index in [2.05, 4.69) is 12.1 Å². The Kier molecular flexibility index (Phi) is 7.34. The molecule has 2 aliphatic heterocycles. The fourth-order valence-electron chi connectivity index (χ4n) is 4.44. The summed E-state index contributed by atoms with van der Waals surface area (Å²) in [6, 6.07) is 29.9. The van der Waals surface area contributed by atoms with Gasteiger partial charge in [0.2, 0.25) is 0 Å². The van der Waals surface area contributed by atoms with Gasteiger partial charge >= 0.3 is 0 Å². The van der Waals surface area contributed by atoms with E-state index in [1.165, 1.54) is 0 Å². The van der Waals surface area contributed by atoms with Gasteiger partial charge in [-0.05, 0) is 55.9 Å². The van der Waals surface area contributed by atoms with Crippen molar-refractivity contribution in [2.45, 2.75) is 19.4 Å². The van der Waals surface area contributed by atoms with Crippen LogP contribution in [-0.2, 0) is 9.47 Å². The molecule has 0 radical (unpaired) electrons. The summed E-state index contributed by atoms with van der Waals surface area (Å²) >= 11 is 1.60. The Morgan fingerprint density at radius 2 is 1.35 bits per heavy atom. The Hall–Kier alpha value is -5.35. The monoisotopic (exact) mass is 537 g/mol. The summed E-state index contributed by atoms with van der Waals surface area (Å²) in [7, 11) is 0. The number of thiophene rings is 1. The molecule has 0 unspecified atom stereocenters. The summed E-state index contributed by atoms with van der Waals surface area (Å²) in [6.07, 6.45) is 9.94. The lowest BCUT2D eigenvalue weighted by molar-refractivity contribution is 0.0954. The van der Waals surface area contributed by atoms with Crippen LogP contribution in [0.5, 0.6) is 0 Å². The topological polar surface area (TPSA) is 89.8 Å². The van der Waals surface area contributed by atoms with Gasteiger partial charge in [-0.3, -0.25) is 0 Å². The fourth-order valence-corrected chi connectivity index (χ4v) is 5.32. The molecule has 0 saturated carbocycles. The molecule has 3 heterocycles. The molecule has 192 valence electrons. The minimum absolute atomic E-state index is 0.0373. The second-order valence-electron chi connectivity index (χ2n) is 9.51. The van der Waals surface area contributed by atoms with Gasteiger partial charge < -0.3 is 9.47 Å². The average molecular weight is 538 g/mol. The largest absolute Gasteiger partial charge is 0.480 e. The zero-order valence-electron chi connectivity index (χ0n) is 21.9. The van der Waals surface area contributed by atoms with E-state index in [9.17, 15) is 15.8 Å².